The molecular weight excluding hydrogens is 520 g/mol. The summed E-state index contributed by atoms with van der Waals surface area (Å²) in [5, 5.41) is 15.6. The van der Waals surface area contributed by atoms with Gasteiger partial charge in [-0.25, -0.2) is 9.59 Å². The second kappa shape index (κ2) is 13.9. The van der Waals surface area contributed by atoms with E-state index in [1.54, 1.807) is 0 Å². The maximum atomic E-state index is 13.3. The SMILES string of the molecule is CC(C)C1CCC(N2CCC3(CC2)C(OCc2ccccc2)C(=O)N3c2ccccc2)CC1.O=C(O)C=CC(=O)O. The van der Waals surface area contributed by atoms with Crippen molar-refractivity contribution in [3.05, 3.63) is 78.4 Å². The van der Waals surface area contributed by atoms with Crippen molar-refractivity contribution in [2.75, 3.05) is 18.0 Å². The molecule has 2 aromatic carbocycles. The lowest BCUT2D eigenvalue weighted by Crippen LogP contribution is -2.78. The van der Waals surface area contributed by atoms with Crippen LogP contribution in [0.25, 0.3) is 0 Å². The highest BCUT2D eigenvalue weighted by Crippen LogP contribution is 2.47. The largest absolute Gasteiger partial charge is 0.478 e. The van der Waals surface area contributed by atoms with Crippen molar-refractivity contribution in [1.29, 1.82) is 0 Å². The van der Waals surface area contributed by atoms with E-state index >= 15 is 0 Å². The van der Waals surface area contributed by atoms with E-state index in [0.717, 1.165) is 49.0 Å². The van der Waals surface area contributed by atoms with Crippen LogP contribution in [-0.2, 0) is 25.7 Å². The van der Waals surface area contributed by atoms with Crippen LogP contribution in [0.5, 0.6) is 0 Å². The molecule has 1 atom stereocenters. The summed E-state index contributed by atoms with van der Waals surface area (Å²) in [7, 11) is 0. The number of anilines is 1. The van der Waals surface area contributed by atoms with Gasteiger partial charge in [0.1, 0.15) is 0 Å². The van der Waals surface area contributed by atoms with Crippen molar-refractivity contribution in [2.24, 2.45) is 11.8 Å². The Morgan fingerprint density at radius 3 is 1.95 bits per heavy atom. The summed E-state index contributed by atoms with van der Waals surface area (Å²) in [5.41, 5.74) is 1.91. The second-order valence-electron chi connectivity index (χ2n) is 11.6. The fraction of sp³-hybridized carbons (Fsp3) is 0.485. The normalized spacial score (nSPS) is 24.1. The summed E-state index contributed by atoms with van der Waals surface area (Å²) < 4.78 is 6.33. The molecule has 1 unspecified atom stereocenters. The lowest BCUT2D eigenvalue weighted by Gasteiger charge is -2.60. The third kappa shape index (κ3) is 7.43. The minimum absolute atomic E-state index is 0.114. The molecule has 0 bridgehead atoms. The molecule has 2 aromatic rings. The van der Waals surface area contributed by atoms with Crippen molar-refractivity contribution in [3.63, 3.8) is 0 Å². The number of carboxylic acids is 2. The Balaban J connectivity index is 0.000000426. The first kappa shape index (κ1) is 30.5. The molecular formula is C33H42N2O6. The monoisotopic (exact) mass is 562 g/mol. The van der Waals surface area contributed by atoms with Gasteiger partial charge in [-0.05, 0) is 68.1 Å². The summed E-state index contributed by atoms with van der Waals surface area (Å²) in [6.45, 7) is 7.34. The summed E-state index contributed by atoms with van der Waals surface area (Å²) in [4.78, 5) is 37.2. The molecule has 1 spiro atoms. The molecule has 2 heterocycles. The number of β-lactam (4-membered cyclic amide) rings is 1. The van der Waals surface area contributed by atoms with Crippen LogP contribution in [0, 0.1) is 11.8 Å². The number of hydrogen-bond acceptors (Lipinski definition) is 5. The first-order valence-electron chi connectivity index (χ1n) is 14.6. The van der Waals surface area contributed by atoms with Crippen molar-refractivity contribution in [3.8, 4) is 0 Å². The lowest BCUT2D eigenvalue weighted by atomic mass is 9.71. The number of piperidine rings is 1. The maximum absolute atomic E-state index is 13.3. The van der Waals surface area contributed by atoms with Gasteiger partial charge in [-0.15, -0.1) is 0 Å². The first-order valence-corrected chi connectivity index (χ1v) is 14.6. The molecule has 2 N–H and O–H groups in total. The van der Waals surface area contributed by atoms with Crippen LogP contribution in [0.3, 0.4) is 0 Å². The van der Waals surface area contributed by atoms with Gasteiger partial charge >= 0.3 is 11.9 Å². The van der Waals surface area contributed by atoms with Gasteiger partial charge in [-0.1, -0.05) is 62.4 Å². The maximum Gasteiger partial charge on any atom is 0.328 e. The minimum Gasteiger partial charge on any atom is -0.478 e. The second-order valence-corrected chi connectivity index (χ2v) is 11.6. The number of amides is 1. The van der Waals surface area contributed by atoms with E-state index in [2.05, 4.69) is 47.9 Å². The topological polar surface area (TPSA) is 107 Å². The van der Waals surface area contributed by atoms with Gasteiger partial charge in [0, 0.05) is 37.0 Å². The standard InChI is InChI=1S/C29H38N2O2.C4H4O4/c1-22(2)24-13-15-25(16-14-24)30-19-17-29(18-20-30)27(33-21-23-9-5-3-6-10-23)28(32)31(29)26-11-7-4-8-12-26;5-3(6)1-2-4(7)8/h3-12,22,24-25,27H,13-21H2,1-2H3;1-2H,(H,5,6)(H,7,8). The highest BCUT2D eigenvalue weighted by Gasteiger charge is 2.62. The molecule has 5 rings (SSSR count). The summed E-state index contributed by atoms with van der Waals surface area (Å²) >= 11 is 0. The molecule has 0 radical (unpaired) electrons. The van der Waals surface area contributed by atoms with Gasteiger partial charge in [-0.3, -0.25) is 4.79 Å². The number of carbonyl (C=O) groups excluding carboxylic acids is 1. The minimum atomic E-state index is -1.26. The van der Waals surface area contributed by atoms with E-state index < -0.39 is 11.9 Å². The number of benzene rings is 2. The molecule has 8 heteroatoms. The highest BCUT2D eigenvalue weighted by molar-refractivity contribution is 6.06. The average molecular weight is 563 g/mol. The summed E-state index contributed by atoms with van der Waals surface area (Å²) in [6.07, 6.45) is 8.11. The number of carbonyl (C=O) groups is 3. The van der Waals surface area contributed by atoms with E-state index in [4.69, 9.17) is 14.9 Å². The molecule has 3 aliphatic rings. The van der Waals surface area contributed by atoms with Crippen LogP contribution < -0.4 is 4.90 Å². The van der Waals surface area contributed by atoms with Crippen LogP contribution in [0.15, 0.2) is 72.8 Å². The van der Waals surface area contributed by atoms with Crippen LogP contribution in [0.2, 0.25) is 0 Å². The van der Waals surface area contributed by atoms with E-state index in [1.165, 1.54) is 25.7 Å². The third-order valence-corrected chi connectivity index (χ3v) is 8.88. The number of carboxylic acid groups (broad SMARTS) is 2. The van der Waals surface area contributed by atoms with Gasteiger partial charge in [0.2, 0.25) is 0 Å². The van der Waals surface area contributed by atoms with Gasteiger partial charge in [0.15, 0.2) is 6.10 Å². The van der Waals surface area contributed by atoms with Gasteiger partial charge in [0.25, 0.3) is 5.91 Å². The van der Waals surface area contributed by atoms with E-state index in [-0.39, 0.29) is 17.6 Å². The molecule has 2 saturated heterocycles. The quantitative estimate of drug-likeness (QED) is 0.329. The predicted octanol–water partition coefficient (Wildman–Crippen LogP) is 5.38. The van der Waals surface area contributed by atoms with Crippen LogP contribution in [-0.4, -0.2) is 63.7 Å². The van der Waals surface area contributed by atoms with Crippen molar-refractivity contribution >= 4 is 23.5 Å². The van der Waals surface area contributed by atoms with Crippen molar-refractivity contribution in [1.82, 2.24) is 4.90 Å². The van der Waals surface area contributed by atoms with E-state index in [0.29, 0.717) is 24.8 Å². The predicted molar refractivity (Wildman–Crippen MR) is 157 cm³/mol. The van der Waals surface area contributed by atoms with Gasteiger partial charge in [0.05, 0.1) is 12.1 Å². The Morgan fingerprint density at radius 2 is 1.44 bits per heavy atom. The molecule has 8 nitrogen and oxygen atoms in total. The number of ether oxygens (including phenoxy) is 1. The molecule has 1 amide bonds. The molecule has 1 saturated carbocycles. The Labute approximate surface area is 242 Å². The third-order valence-electron chi connectivity index (χ3n) is 8.88. The van der Waals surface area contributed by atoms with E-state index in [1.807, 2.05) is 36.4 Å². The number of rotatable bonds is 8. The zero-order valence-electron chi connectivity index (χ0n) is 24.0. The summed E-state index contributed by atoms with van der Waals surface area (Å²) in [5.74, 6) is -0.702. The molecule has 0 aromatic heterocycles. The number of aliphatic carboxylic acids is 2. The fourth-order valence-corrected chi connectivity index (χ4v) is 6.60. The molecule has 1 aliphatic carbocycles. The van der Waals surface area contributed by atoms with Crippen molar-refractivity contribution < 1.29 is 29.3 Å². The van der Waals surface area contributed by atoms with Crippen molar-refractivity contribution in [2.45, 2.75) is 76.7 Å². The highest BCUT2D eigenvalue weighted by atomic mass is 16.5. The summed E-state index contributed by atoms with van der Waals surface area (Å²) in [6, 6.07) is 21.1. The zero-order chi connectivity index (χ0) is 29.4. The van der Waals surface area contributed by atoms with E-state index in [9.17, 15) is 14.4 Å². The van der Waals surface area contributed by atoms with Crippen LogP contribution in [0.4, 0.5) is 5.69 Å². The molecule has 220 valence electrons. The molecule has 3 fully saturated rings. The zero-order valence-corrected chi connectivity index (χ0v) is 24.0. The van der Waals surface area contributed by atoms with Crippen LogP contribution >= 0.6 is 0 Å². The fourth-order valence-electron chi connectivity index (χ4n) is 6.60. The average Bonchev–Trinajstić information content (AvgIpc) is 2.98. The molecule has 2 aliphatic heterocycles. The first-order chi connectivity index (χ1) is 19.7. The van der Waals surface area contributed by atoms with Gasteiger partial charge < -0.3 is 24.7 Å². The smallest absolute Gasteiger partial charge is 0.328 e. The van der Waals surface area contributed by atoms with Gasteiger partial charge in [-0.2, -0.15) is 0 Å². The Morgan fingerprint density at radius 1 is 0.902 bits per heavy atom. The number of nitrogens with zero attached hydrogens (tertiary/aromatic N) is 2. The number of hydrogen-bond donors (Lipinski definition) is 2. The van der Waals surface area contributed by atoms with Crippen LogP contribution in [0.1, 0.15) is 57.9 Å². The Hall–Kier alpha value is -3.49. The number of likely N-dealkylation sites (tertiary alicyclic amines) is 1. The molecule has 41 heavy (non-hydrogen) atoms. The lowest BCUT2D eigenvalue weighted by molar-refractivity contribution is -0.157. The Kier molecular flexibility index (Phi) is 10.3. The Bertz CT molecular complexity index is 1170. The number of para-hydroxylation sites is 1.